The molecule has 2 amide bonds. The Balaban J connectivity index is 2.66. The van der Waals surface area contributed by atoms with Crippen LogP contribution in [0.4, 0.5) is 14.9 Å². The number of aliphatic hydroxyl groups is 1. The number of anilines is 1. The van der Waals surface area contributed by atoms with Gasteiger partial charge in [0.2, 0.25) is 0 Å². The first kappa shape index (κ1) is 15.7. The minimum Gasteiger partial charge on any atom is -0.396 e. The number of carbonyl (C=O) groups excluding carboxylic acids is 1. The number of urea groups is 1. The molecule has 19 heavy (non-hydrogen) atoms. The average molecular weight is 289 g/mol. The van der Waals surface area contributed by atoms with Crippen LogP contribution in [-0.4, -0.2) is 23.8 Å². The SMILES string of the molecule is CC(C)C(CCO)NC(=O)Nc1cc(F)ccc1Cl. The van der Waals surface area contributed by atoms with E-state index in [1.807, 2.05) is 13.8 Å². The molecule has 0 radical (unpaired) electrons. The molecule has 1 atom stereocenters. The second kappa shape index (κ2) is 7.31. The molecule has 106 valence electrons. The van der Waals surface area contributed by atoms with Crippen molar-refractivity contribution in [2.75, 3.05) is 11.9 Å². The van der Waals surface area contributed by atoms with Gasteiger partial charge in [0.25, 0.3) is 0 Å². The van der Waals surface area contributed by atoms with Gasteiger partial charge in [-0.1, -0.05) is 25.4 Å². The van der Waals surface area contributed by atoms with Crippen LogP contribution in [0.25, 0.3) is 0 Å². The Morgan fingerprint density at radius 1 is 1.47 bits per heavy atom. The smallest absolute Gasteiger partial charge is 0.319 e. The van der Waals surface area contributed by atoms with E-state index in [0.29, 0.717) is 6.42 Å². The summed E-state index contributed by atoms with van der Waals surface area (Å²) in [4.78, 5) is 11.8. The lowest BCUT2D eigenvalue weighted by Gasteiger charge is -2.21. The Morgan fingerprint density at radius 3 is 2.74 bits per heavy atom. The summed E-state index contributed by atoms with van der Waals surface area (Å²) in [6.07, 6.45) is 0.460. The molecular formula is C13H18ClFN2O2. The van der Waals surface area contributed by atoms with Crippen molar-refractivity contribution in [1.82, 2.24) is 5.32 Å². The molecule has 6 heteroatoms. The van der Waals surface area contributed by atoms with Gasteiger partial charge < -0.3 is 15.7 Å². The van der Waals surface area contributed by atoms with Crippen LogP contribution in [0.2, 0.25) is 5.02 Å². The van der Waals surface area contributed by atoms with Crippen LogP contribution in [-0.2, 0) is 0 Å². The summed E-state index contributed by atoms with van der Waals surface area (Å²) in [6, 6.07) is 3.11. The molecule has 4 nitrogen and oxygen atoms in total. The molecule has 0 spiro atoms. The van der Waals surface area contributed by atoms with Crippen LogP contribution >= 0.6 is 11.6 Å². The molecule has 0 heterocycles. The topological polar surface area (TPSA) is 61.4 Å². The first-order valence-corrected chi connectivity index (χ1v) is 6.45. The molecule has 1 aromatic rings. The minimum absolute atomic E-state index is 0.0101. The van der Waals surface area contributed by atoms with Crippen molar-refractivity contribution in [2.24, 2.45) is 5.92 Å². The second-order valence-electron chi connectivity index (χ2n) is 4.59. The minimum atomic E-state index is -0.476. The van der Waals surface area contributed by atoms with Gasteiger partial charge in [-0.25, -0.2) is 9.18 Å². The normalized spacial score (nSPS) is 12.3. The van der Waals surface area contributed by atoms with Crippen molar-refractivity contribution in [2.45, 2.75) is 26.3 Å². The van der Waals surface area contributed by atoms with E-state index in [4.69, 9.17) is 16.7 Å². The van der Waals surface area contributed by atoms with E-state index >= 15 is 0 Å². The quantitative estimate of drug-likeness (QED) is 0.780. The van der Waals surface area contributed by atoms with Gasteiger partial charge in [0.1, 0.15) is 5.82 Å². The summed E-state index contributed by atoms with van der Waals surface area (Å²) < 4.78 is 13.0. The van der Waals surface area contributed by atoms with E-state index in [-0.39, 0.29) is 29.3 Å². The first-order valence-electron chi connectivity index (χ1n) is 6.07. The molecule has 3 N–H and O–H groups in total. The van der Waals surface area contributed by atoms with Crippen molar-refractivity contribution < 1.29 is 14.3 Å². The van der Waals surface area contributed by atoms with E-state index in [0.717, 1.165) is 6.07 Å². The third-order valence-electron chi connectivity index (χ3n) is 2.74. The monoisotopic (exact) mass is 288 g/mol. The number of nitrogens with one attached hydrogen (secondary N) is 2. The fourth-order valence-electron chi connectivity index (χ4n) is 1.63. The van der Waals surface area contributed by atoms with Gasteiger partial charge in [0.05, 0.1) is 10.7 Å². The van der Waals surface area contributed by atoms with Crippen molar-refractivity contribution >= 4 is 23.3 Å². The first-order chi connectivity index (χ1) is 8.93. The summed E-state index contributed by atoms with van der Waals surface area (Å²) in [5.74, 6) is -0.295. The molecule has 0 aliphatic heterocycles. The maximum Gasteiger partial charge on any atom is 0.319 e. The van der Waals surface area contributed by atoms with Crippen LogP contribution in [0.3, 0.4) is 0 Å². The largest absolute Gasteiger partial charge is 0.396 e. The number of benzene rings is 1. The molecule has 0 aromatic heterocycles. The van der Waals surface area contributed by atoms with E-state index in [1.54, 1.807) is 0 Å². The molecular weight excluding hydrogens is 271 g/mol. The maximum atomic E-state index is 13.0. The van der Waals surface area contributed by atoms with Gasteiger partial charge in [-0.3, -0.25) is 0 Å². The van der Waals surface area contributed by atoms with E-state index < -0.39 is 11.8 Å². The lowest BCUT2D eigenvalue weighted by molar-refractivity contribution is 0.227. The van der Waals surface area contributed by atoms with Crippen molar-refractivity contribution in [3.05, 3.63) is 29.0 Å². The van der Waals surface area contributed by atoms with Crippen LogP contribution < -0.4 is 10.6 Å². The molecule has 0 aliphatic rings. The van der Waals surface area contributed by atoms with E-state index in [1.165, 1.54) is 12.1 Å². The number of hydrogen-bond donors (Lipinski definition) is 3. The van der Waals surface area contributed by atoms with Crippen molar-refractivity contribution in [3.63, 3.8) is 0 Å². The molecule has 0 saturated carbocycles. The lowest BCUT2D eigenvalue weighted by atomic mass is 10.0. The van der Waals surface area contributed by atoms with E-state index in [9.17, 15) is 9.18 Å². The highest BCUT2D eigenvalue weighted by atomic mass is 35.5. The zero-order chi connectivity index (χ0) is 14.4. The van der Waals surface area contributed by atoms with Crippen molar-refractivity contribution in [1.29, 1.82) is 0 Å². The predicted octanol–water partition coefficient (Wildman–Crippen LogP) is 3.01. The summed E-state index contributed by atoms with van der Waals surface area (Å²) in [6.45, 7) is 3.87. The second-order valence-corrected chi connectivity index (χ2v) is 4.99. The molecule has 0 aliphatic carbocycles. The molecule has 1 aromatic carbocycles. The lowest BCUT2D eigenvalue weighted by Crippen LogP contribution is -2.41. The molecule has 1 unspecified atom stereocenters. The fourth-order valence-corrected chi connectivity index (χ4v) is 1.80. The Labute approximate surface area is 117 Å². The summed E-state index contributed by atoms with van der Waals surface area (Å²) in [5.41, 5.74) is 0.214. The predicted molar refractivity (Wildman–Crippen MR) is 73.9 cm³/mol. The van der Waals surface area contributed by atoms with E-state index in [2.05, 4.69) is 10.6 Å². The Bertz CT molecular complexity index is 441. The average Bonchev–Trinajstić information content (AvgIpc) is 2.33. The van der Waals surface area contributed by atoms with Gasteiger partial charge >= 0.3 is 6.03 Å². The van der Waals surface area contributed by atoms with Crippen LogP contribution in [0.5, 0.6) is 0 Å². The number of amides is 2. The standard InChI is InChI=1S/C13H18ClFN2O2/c1-8(2)11(5-6-18)16-13(19)17-12-7-9(15)3-4-10(12)14/h3-4,7-8,11,18H,5-6H2,1-2H3,(H2,16,17,19). The zero-order valence-electron chi connectivity index (χ0n) is 10.9. The van der Waals surface area contributed by atoms with Gasteiger partial charge in [0.15, 0.2) is 0 Å². The Kier molecular flexibility index (Phi) is 6.05. The van der Waals surface area contributed by atoms with Gasteiger partial charge in [-0.15, -0.1) is 0 Å². The molecule has 0 saturated heterocycles. The zero-order valence-corrected chi connectivity index (χ0v) is 11.7. The van der Waals surface area contributed by atoms with Gasteiger partial charge in [-0.2, -0.15) is 0 Å². The number of aliphatic hydroxyl groups excluding tert-OH is 1. The number of carbonyl (C=O) groups is 1. The number of halogens is 2. The number of hydrogen-bond acceptors (Lipinski definition) is 2. The number of rotatable bonds is 5. The third kappa shape index (κ3) is 5.04. The summed E-state index contributed by atoms with van der Waals surface area (Å²) in [7, 11) is 0. The van der Waals surface area contributed by atoms with Crippen LogP contribution in [0, 0.1) is 11.7 Å². The fraction of sp³-hybridized carbons (Fsp3) is 0.462. The Hall–Kier alpha value is -1.33. The third-order valence-corrected chi connectivity index (χ3v) is 3.07. The molecule has 0 fully saturated rings. The molecule has 0 bridgehead atoms. The summed E-state index contributed by atoms with van der Waals surface area (Å²) >= 11 is 5.85. The highest BCUT2D eigenvalue weighted by Crippen LogP contribution is 2.22. The van der Waals surface area contributed by atoms with Crippen LogP contribution in [0.1, 0.15) is 20.3 Å². The highest BCUT2D eigenvalue weighted by Gasteiger charge is 2.16. The molecule has 1 rings (SSSR count). The van der Waals surface area contributed by atoms with Gasteiger partial charge in [-0.05, 0) is 30.5 Å². The summed E-state index contributed by atoms with van der Waals surface area (Å²) in [5, 5.41) is 14.4. The maximum absolute atomic E-state index is 13.0. The van der Waals surface area contributed by atoms with Crippen LogP contribution in [0.15, 0.2) is 18.2 Å². The van der Waals surface area contributed by atoms with Gasteiger partial charge in [0, 0.05) is 12.6 Å². The van der Waals surface area contributed by atoms with Crippen molar-refractivity contribution in [3.8, 4) is 0 Å². The Morgan fingerprint density at radius 2 is 2.16 bits per heavy atom. The highest BCUT2D eigenvalue weighted by molar-refractivity contribution is 6.33.